The summed E-state index contributed by atoms with van der Waals surface area (Å²) in [4.78, 5) is 14.7. The maximum absolute atomic E-state index is 5.58. The normalized spacial score (nSPS) is 15.1. The van der Waals surface area contributed by atoms with Crippen LogP contribution in [0.1, 0.15) is 18.5 Å². The lowest BCUT2D eigenvalue weighted by Crippen LogP contribution is -2.23. The van der Waals surface area contributed by atoms with Crippen molar-refractivity contribution < 1.29 is 4.74 Å². The minimum atomic E-state index is 0.232. The van der Waals surface area contributed by atoms with Gasteiger partial charge in [-0.3, -0.25) is 9.98 Å². The Morgan fingerprint density at radius 2 is 1.71 bits per heavy atom. The third-order valence-electron chi connectivity index (χ3n) is 6.50. The Bertz CT molecular complexity index is 1520. The molecule has 1 aliphatic carbocycles. The molecular formula is C29H27N5O. The number of aryl methyl sites for hydroxylation is 1. The van der Waals surface area contributed by atoms with E-state index in [1.165, 1.54) is 0 Å². The predicted octanol–water partition coefficient (Wildman–Crippen LogP) is 5.66. The van der Waals surface area contributed by atoms with E-state index in [-0.39, 0.29) is 6.04 Å². The number of anilines is 2. The number of para-hydroxylation sites is 3. The van der Waals surface area contributed by atoms with Crippen LogP contribution in [0.5, 0.6) is 0 Å². The molecule has 0 unspecified atom stereocenters. The summed E-state index contributed by atoms with van der Waals surface area (Å²) in [6, 6.07) is 27.2. The number of hydrogen-bond donors (Lipinski definition) is 1. The molecule has 3 heterocycles. The van der Waals surface area contributed by atoms with Crippen molar-refractivity contribution in [3.05, 3.63) is 96.1 Å². The standard InChI is InChI=1S/C29H27N5O/c1-20-23(11-7-15-30-20)32-25-18-27-29(19-26(25)31-21-13-16-35-17-14-21)34(22-8-3-2-4-9-22)28-12-6-5-10-24(28)33-27/h2-12,15,18-19,21,32H,13-14,16-17H2,1H3/b31-26+. The number of fused-ring (bicyclic) bond motifs is 2. The number of pyridine rings is 1. The van der Waals surface area contributed by atoms with E-state index in [0.29, 0.717) is 0 Å². The minimum Gasteiger partial charge on any atom is -0.381 e. The zero-order valence-corrected chi connectivity index (χ0v) is 19.7. The Hall–Kier alpha value is -4.03. The highest BCUT2D eigenvalue weighted by molar-refractivity contribution is 5.84. The van der Waals surface area contributed by atoms with E-state index in [1.807, 2.05) is 37.4 Å². The van der Waals surface area contributed by atoms with Gasteiger partial charge in [0.1, 0.15) is 0 Å². The molecule has 35 heavy (non-hydrogen) atoms. The van der Waals surface area contributed by atoms with Crippen LogP contribution >= 0.6 is 0 Å². The summed E-state index contributed by atoms with van der Waals surface area (Å²) in [5.74, 6) is 0. The van der Waals surface area contributed by atoms with Gasteiger partial charge in [0.15, 0.2) is 0 Å². The highest BCUT2D eigenvalue weighted by Crippen LogP contribution is 2.30. The highest BCUT2D eigenvalue weighted by atomic mass is 16.5. The molecular weight excluding hydrogens is 434 g/mol. The first-order valence-corrected chi connectivity index (χ1v) is 12.1. The van der Waals surface area contributed by atoms with Crippen molar-refractivity contribution in [2.24, 2.45) is 4.99 Å². The number of ether oxygens (including phenoxy) is 1. The van der Waals surface area contributed by atoms with Gasteiger partial charge in [0.2, 0.25) is 0 Å². The number of aromatic nitrogens is 3. The van der Waals surface area contributed by atoms with E-state index in [2.05, 4.69) is 69.5 Å². The van der Waals surface area contributed by atoms with Gasteiger partial charge in [-0.05, 0) is 68.3 Å². The van der Waals surface area contributed by atoms with Crippen LogP contribution in [0.25, 0.3) is 28.1 Å². The third kappa shape index (κ3) is 4.29. The molecule has 2 aromatic carbocycles. The van der Waals surface area contributed by atoms with E-state index in [9.17, 15) is 0 Å². The summed E-state index contributed by atoms with van der Waals surface area (Å²) in [5, 5.41) is 4.52. The Morgan fingerprint density at radius 1 is 0.914 bits per heavy atom. The molecule has 1 saturated heterocycles. The number of nitrogens with zero attached hydrogens (tertiary/aromatic N) is 4. The molecule has 6 nitrogen and oxygen atoms in total. The number of nitrogens with one attached hydrogen (secondary N) is 1. The molecule has 1 N–H and O–H groups in total. The van der Waals surface area contributed by atoms with E-state index < -0.39 is 0 Å². The average molecular weight is 462 g/mol. The molecule has 1 aromatic heterocycles. The van der Waals surface area contributed by atoms with E-state index >= 15 is 0 Å². The van der Waals surface area contributed by atoms with Gasteiger partial charge in [0.05, 0.1) is 50.9 Å². The second-order valence-electron chi connectivity index (χ2n) is 8.86. The SMILES string of the molecule is Cc1ncccc1Nc1cc2nc3ccccc3n(-c3ccccc3)c-2c/c1=N\C1CCOCC1. The van der Waals surface area contributed by atoms with Crippen LogP contribution in [0.3, 0.4) is 0 Å². The van der Waals surface area contributed by atoms with E-state index in [0.717, 1.165) is 76.6 Å². The van der Waals surface area contributed by atoms with Crippen molar-refractivity contribution in [2.45, 2.75) is 25.8 Å². The largest absolute Gasteiger partial charge is 0.381 e. The van der Waals surface area contributed by atoms with Crippen LogP contribution in [0.2, 0.25) is 0 Å². The fraction of sp³-hybridized carbons (Fsp3) is 0.207. The van der Waals surface area contributed by atoms with Crippen molar-refractivity contribution in [3.63, 3.8) is 0 Å². The van der Waals surface area contributed by atoms with Crippen LogP contribution in [0.4, 0.5) is 11.4 Å². The van der Waals surface area contributed by atoms with Gasteiger partial charge in [-0.25, -0.2) is 4.98 Å². The molecule has 0 bridgehead atoms. The molecule has 2 aliphatic heterocycles. The van der Waals surface area contributed by atoms with Gasteiger partial charge in [-0.15, -0.1) is 0 Å². The van der Waals surface area contributed by atoms with Crippen molar-refractivity contribution in [3.8, 4) is 17.1 Å². The molecule has 3 aromatic rings. The average Bonchev–Trinajstić information content (AvgIpc) is 2.90. The summed E-state index contributed by atoms with van der Waals surface area (Å²) < 4.78 is 7.85. The molecule has 1 fully saturated rings. The van der Waals surface area contributed by atoms with Crippen LogP contribution < -0.4 is 10.7 Å². The fourth-order valence-corrected chi connectivity index (χ4v) is 4.68. The molecule has 6 heteroatoms. The first-order valence-electron chi connectivity index (χ1n) is 12.1. The summed E-state index contributed by atoms with van der Waals surface area (Å²) >= 11 is 0. The van der Waals surface area contributed by atoms with Crippen LogP contribution in [0, 0.1) is 6.92 Å². The summed E-state index contributed by atoms with van der Waals surface area (Å²) in [7, 11) is 0. The monoisotopic (exact) mass is 461 g/mol. The van der Waals surface area contributed by atoms with Crippen LogP contribution in [-0.2, 0) is 4.74 Å². The topological polar surface area (TPSA) is 64.3 Å². The van der Waals surface area contributed by atoms with Crippen molar-refractivity contribution in [1.82, 2.24) is 14.5 Å². The van der Waals surface area contributed by atoms with Gasteiger partial charge in [-0.2, -0.15) is 0 Å². The summed E-state index contributed by atoms with van der Waals surface area (Å²) in [5.41, 5.74) is 7.87. The lowest BCUT2D eigenvalue weighted by atomic mass is 10.1. The fourth-order valence-electron chi connectivity index (χ4n) is 4.68. The molecule has 0 saturated carbocycles. The number of rotatable bonds is 4. The molecule has 0 radical (unpaired) electrons. The molecule has 3 aliphatic rings. The second-order valence-corrected chi connectivity index (χ2v) is 8.86. The summed E-state index contributed by atoms with van der Waals surface area (Å²) in [6.45, 7) is 3.51. The Kier molecular flexibility index (Phi) is 5.72. The van der Waals surface area contributed by atoms with Gasteiger partial charge < -0.3 is 14.6 Å². The summed E-state index contributed by atoms with van der Waals surface area (Å²) in [6.07, 6.45) is 3.67. The second kappa shape index (κ2) is 9.31. The molecule has 0 spiro atoms. The van der Waals surface area contributed by atoms with Crippen molar-refractivity contribution in [2.75, 3.05) is 18.5 Å². The third-order valence-corrected chi connectivity index (χ3v) is 6.50. The van der Waals surface area contributed by atoms with Crippen LogP contribution in [-0.4, -0.2) is 33.8 Å². The molecule has 6 rings (SSSR count). The number of hydrogen-bond acceptors (Lipinski definition) is 5. The highest BCUT2D eigenvalue weighted by Gasteiger charge is 2.18. The van der Waals surface area contributed by atoms with Gasteiger partial charge in [0, 0.05) is 25.1 Å². The van der Waals surface area contributed by atoms with Crippen molar-refractivity contribution in [1.29, 1.82) is 0 Å². The lowest BCUT2D eigenvalue weighted by molar-refractivity contribution is 0.0864. The molecule has 0 atom stereocenters. The lowest BCUT2D eigenvalue weighted by Gasteiger charge is -2.22. The Labute approximate surface area is 204 Å². The van der Waals surface area contributed by atoms with Gasteiger partial charge >= 0.3 is 0 Å². The zero-order chi connectivity index (χ0) is 23.6. The van der Waals surface area contributed by atoms with E-state index in [4.69, 9.17) is 14.7 Å². The Morgan fingerprint density at radius 3 is 2.54 bits per heavy atom. The van der Waals surface area contributed by atoms with Crippen LogP contribution in [0.15, 0.2) is 90.1 Å². The first-order chi connectivity index (χ1) is 17.3. The quantitative estimate of drug-likeness (QED) is 0.351. The Balaban J connectivity index is 1.63. The van der Waals surface area contributed by atoms with Gasteiger partial charge in [0.25, 0.3) is 0 Å². The maximum Gasteiger partial charge on any atom is 0.0900 e. The van der Waals surface area contributed by atoms with Gasteiger partial charge in [-0.1, -0.05) is 30.3 Å². The number of benzene rings is 3. The zero-order valence-electron chi connectivity index (χ0n) is 19.7. The van der Waals surface area contributed by atoms with Crippen molar-refractivity contribution >= 4 is 22.4 Å². The minimum absolute atomic E-state index is 0.232. The maximum atomic E-state index is 5.58. The van der Waals surface area contributed by atoms with E-state index in [1.54, 1.807) is 0 Å². The predicted molar refractivity (Wildman–Crippen MR) is 139 cm³/mol. The molecule has 174 valence electrons. The first kappa shape index (κ1) is 21.5. The smallest absolute Gasteiger partial charge is 0.0900 e. The molecule has 0 amide bonds.